The summed E-state index contributed by atoms with van der Waals surface area (Å²) >= 11 is 3.23. The van der Waals surface area contributed by atoms with Crippen LogP contribution in [0.4, 0.5) is 18.9 Å². The summed E-state index contributed by atoms with van der Waals surface area (Å²) in [6, 6.07) is 5.14. The second kappa shape index (κ2) is 5.05. The zero-order valence-electron chi connectivity index (χ0n) is 8.68. The maximum Gasteiger partial charge on any atom is 0.401 e. The van der Waals surface area contributed by atoms with Crippen molar-refractivity contribution in [1.82, 2.24) is 4.90 Å². The van der Waals surface area contributed by atoms with Crippen molar-refractivity contribution in [2.24, 2.45) is 0 Å². The van der Waals surface area contributed by atoms with E-state index in [9.17, 15) is 13.2 Å². The quantitative estimate of drug-likeness (QED) is 0.869. The second-order valence-corrected chi connectivity index (χ2v) is 4.50. The molecule has 16 heavy (non-hydrogen) atoms. The average Bonchev–Trinajstić information content (AvgIpc) is 2.08. The fraction of sp³-hybridized carbons (Fsp3) is 0.400. The first-order valence-electron chi connectivity index (χ1n) is 4.57. The van der Waals surface area contributed by atoms with Crippen LogP contribution in [0.25, 0.3) is 0 Å². The van der Waals surface area contributed by atoms with Gasteiger partial charge in [-0.25, -0.2) is 0 Å². The lowest BCUT2D eigenvalue weighted by atomic mass is 10.2. The fourth-order valence-corrected chi connectivity index (χ4v) is 1.61. The minimum Gasteiger partial charge on any atom is -0.398 e. The van der Waals surface area contributed by atoms with Gasteiger partial charge in [-0.15, -0.1) is 0 Å². The van der Waals surface area contributed by atoms with Gasteiger partial charge >= 0.3 is 6.18 Å². The first-order chi connectivity index (χ1) is 7.28. The topological polar surface area (TPSA) is 29.3 Å². The molecular weight excluding hydrogens is 285 g/mol. The van der Waals surface area contributed by atoms with Gasteiger partial charge in [-0.05, 0) is 40.7 Å². The molecule has 2 N–H and O–H groups in total. The van der Waals surface area contributed by atoms with E-state index in [4.69, 9.17) is 5.73 Å². The van der Waals surface area contributed by atoms with Crippen molar-refractivity contribution < 1.29 is 13.2 Å². The van der Waals surface area contributed by atoms with E-state index in [1.807, 2.05) is 0 Å². The van der Waals surface area contributed by atoms with Gasteiger partial charge in [-0.2, -0.15) is 13.2 Å². The molecule has 0 saturated heterocycles. The van der Waals surface area contributed by atoms with Gasteiger partial charge in [0.1, 0.15) is 0 Å². The maximum absolute atomic E-state index is 12.1. The number of alkyl halides is 3. The molecule has 0 unspecified atom stereocenters. The normalized spacial score (nSPS) is 12.1. The average molecular weight is 297 g/mol. The summed E-state index contributed by atoms with van der Waals surface area (Å²) in [4.78, 5) is 1.20. The SMILES string of the molecule is CN(Cc1ccc(Br)c(N)c1)CC(F)(F)F. The van der Waals surface area contributed by atoms with Crippen molar-refractivity contribution in [3.05, 3.63) is 28.2 Å². The van der Waals surface area contributed by atoms with E-state index >= 15 is 0 Å². The Kier molecular flexibility index (Phi) is 4.21. The minimum atomic E-state index is -4.17. The van der Waals surface area contributed by atoms with Gasteiger partial charge in [-0.3, -0.25) is 4.90 Å². The van der Waals surface area contributed by atoms with Crippen LogP contribution in [0.2, 0.25) is 0 Å². The van der Waals surface area contributed by atoms with Crippen molar-refractivity contribution in [2.45, 2.75) is 12.7 Å². The van der Waals surface area contributed by atoms with Gasteiger partial charge in [-0.1, -0.05) is 6.07 Å². The monoisotopic (exact) mass is 296 g/mol. The van der Waals surface area contributed by atoms with Gasteiger partial charge in [0.25, 0.3) is 0 Å². The Morgan fingerprint density at radius 1 is 1.38 bits per heavy atom. The highest BCUT2D eigenvalue weighted by atomic mass is 79.9. The highest BCUT2D eigenvalue weighted by molar-refractivity contribution is 9.10. The molecule has 1 rings (SSSR count). The lowest BCUT2D eigenvalue weighted by Crippen LogP contribution is -2.30. The largest absolute Gasteiger partial charge is 0.401 e. The summed E-state index contributed by atoms with van der Waals surface area (Å²) in [7, 11) is 1.42. The summed E-state index contributed by atoms with van der Waals surface area (Å²) in [5, 5.41) is 0. The minimum absolute atomic E-state index is 0.219. The molecule has 0 saturated carbocycles. The molecule has 2 nitrogen and oxygen atoms in total. The Morgan fingerprint density at radius 2 is 2.00 bits per heavy atom. The van der Waals surface area contributed by atoms with Gasteiger partial charge < -0.3 is 5.73 Å². The van der Waals surface area contributed by atoms with Crippen LogP contribution in [0.5, 0.6) is 0 Å². The zero-order chi connectivity index (χ0) is 12.3. The first kappa shape index (κ1) is 13.3. The predicted octanol–water partition coefficient (Wildman–Crippen LogP) is 3.03. The number of nitrogens with two attached hydrogens (primary N) is 1. The van der Waals surface area contributed by atoms with Crippen molar-refractivity contribution in [3.63, 3.8) is 0 Å². The summed E-state index contributed by atoms with van der Waals surface area (Å²) in [5.41, 5.74) is 6.92. The molecule has 0 aliphatic carbocycles. The Balaban J connectivity index is 2.63. The van der Waals surface area contributed by atoms with Crippen molar-refractivity contribution in [2.75, 3.05) is 19.3 Å². The van der Waals surface area contributed by atoms with Crippen molar-refractivity contribution in [3.8, 4) is 0 Å². The number of halogens is 4. The van der Waals surface area contributed by atoms with Gasteiger partial charge in [0.05, 0.1) is 6.54 Å². The molecule has 6 heteroatoms. The number of rotatable bonds is 3. The standard InChI is InChI=1S/C10H12BrF3N2/c1-16(6-10(12,13)14)5-7-2-3-8(11)9(15)4-7/h2-4H,5-6,15H2,1H3. The van der Waals surface area contributed by atoms with Crippen molar-refractivity contribution in [1.29, 1.82) is 0 Å². The van der Waals surface area contributed by atoms with E-state index in [-0.39, 0.29) is 6.54 Å². The van der Waals surface area contributed by atoms with Crippen LogP contribution in [0, 0.1) is 0 Å². The second-order valence-electron chi connectivity index (χ2n) is 3.64. The molecule has 1 aromatic rings. The predicted molar refractivity (Wildman–Crippen MR) is 60.9 cm³/mol. The summed E-state index contributed by atoms with van der Waals surface area (Å²) in [6.45, 7) is -0.708. The summed E-state index contributed by atoms with van der Waals surface area (Å²) in [5.74, 6) is 0. The van der Waals surface area contributed by atoms with E-state index in [1.165, 1.54) is 11.9 Å². The number of hydrogen-bond donors (Lipinski definition) is 1. The number of benzene rings is 1. The summed E-state index contributed by atoms with van der Waals surface area (Å²) < 4.78 is 37.0. The first-order valence-corrected chi connectivity index (χ1v) is 5.36. The smallest absolute Gasteiger partial charge is 0.398 e. The van der Waals surface area contributed by atoms with Gasteiger partial charge in [0.15, 0.2) is 0 Å². The van der Waals surface area contributed by atoms with Crippen LogP contribution in [0.1, 0.15) is 5.56 Å². The highest BCUT2D eigenvalue weighted by Crippen LogP contribution is 2.22. The van der Waals surface area contributed by atoms with Crippen LogP contribution in [-0.2, 0) is 6.54 Å². The molecule has 0 aliphatic heterocycles. The van der Waals surface area contributed by atoms with E-state index in [2.05, 4.69) is 15.9 Å². The Labute approximate surface area is 100 Å². The molecule has 0 radical (unpaired) electrons. The fourth-order valence-electron chi connectivity index (χ4n) is 1.37. The van der Waals surface area contributed by atoms with Crippen LogP contribution in [0.3, 0.4) is 0 Å². The van der Waals surface area contributed by atoms with Crippen LogP contribution < -0.4 is 5.73 Å². The molecule has 0 spiro atoms. The molecule has 1 aromatic carbocycles. The summed E-state index contributed by atoms with van der Waals surface area (Å²) in [6.07, 6.45) is -4.17. The third-order valence-corrected chi connectivity index (χ3v) is 2.68. The lowest BCUT2D eigenvalue weighted by molar-refractivity contribution is -0.144. The van der Waals surface area contributed by atoms with E-state index in [0.29, 0.717) is 5.69 Å². The number of anilines is 1. The molecule has 90 valence electrons. The zero-order valence-corrected chi connectivity index (χ0v) is 10.3. The van der Waals surface area contributed by atoms with Gasteiger partial charge in [0.2, 0.25) is 0 Å². The van der Waals surface area contributed by atoms with Crippen LogP contribution in [0.15, 0.2) is 22.7 Å². The van der Waals surface area contributed by atoms with Gasteiger partial charge in [0, 0.05) is 16.7 Å². The van der Waals surface area contributed by atoms with Crippen LogP contribution >= 0.6 is 15.9 Å². The third kappa shape index (κ3) is 4.40. The lowest BCUT2D eigenvalue weighted by Gasteiger charge is -2.18. The molecule has 0 fully saturated rings. The Hall–Kier alpha value is -0.750. The number of hydrogen-bond acceptors (Lipinski definition) is 2. The van der Waals surface area contributed by atoms with E-state index in [0.717, 1.165) is 10.0 Å². The molecule has 0 atom stereocenters. The number of nitrogens with zero attached hydrogens (tertiary/aromatic N) is 1. The molecule has 0 aliphatic rings. The Bertz CT molecular complexity index is 366. The maximum atomic E-state index is 12.1. The molecule has 0 bridgehead atoms. The molecule has 0 aromatic heterocycles. The molecular formula is C10H12BrF3N2. The van der Waals surface area contributed by atoms with Crippen LogP contribution in [-0.4, -0.2) is 24.7 Å². The highest BCUT2D eigenvalue weighted by Gasteiger charge is 2.29. The third-order valence-electron chi connectivity index (χ3n) is 1.96. The van der Waals surface area contributed by atoms with E-state index < -0.39 is 12.7 Å². The Morgan fingerprint density at radius 3 is 2.50 bits per heavy atom. The van der Waals surface area contributed by atoms with E-state index in [1.54, 1.807) is 18.2 Å². The number of nitrogen functional groups attached to an aromatic ring is 1. The molecule has 0 heterocycles. The van der Waals surface area contributed by atoms with Crippen molar-refractivity contribution >= 4 is 21.6 Å². The molecule has 0 amide bonds.